The van der Waals surface area contributed by atoms with Gasteiger partial charge in [-0.05, 0) is 36.8 Å². The van der Waals surface area contributed by atoms with E-state index in [9.17, 15) is 4.79 Å². The number of carbonyl (C=O) groups excluding carboxylic acids is 1. The highest BCUT2D eigenvalue weighted by atomic mass is 35.5. The van der Waals surface area contributed by atoms with E-state index in [1.165, 1.54) is 0 Å². The highest BCUT2D eigenvalue weighted by molar-refractivity contribution is 6.31. The molecular weight excluding hydrogens is 262 g/mol. The highest BCUT2D eigenvalue weighted by Gasteiger charge is 2.09. The summed E-state index contributed by atoms with van der Waals surface area (Å²) in [6.45, 7) is 2.10. The first-order valence-electron chi connectivity index (χ1n) is 5.84. The first-order valence-corrected chi connectivity index (χ1v) is 6.22. The van der Waals surface area contributed by atoms with E-state index in [0.29, 0.717) is 16.3 Å². The van der Waals surface area contributed by atoms with Gasteiger partial charge in [0.05, 0.1) is 5.56 Å². The summed E-state index contributed by atoms with van der Waals surface area (Å²) in [6.07, 6.45) is 0. The molecule has 0 aliphatic rings. The highest BCUT2D eigenvalue weighted by Crippen LogP contribution is 2.19. The zero-order valence-corrected chi connectivity index (χ0v) is 11.3. The molecule has 0 aliphatic heterocycles. The quantitative estimate of drug-likeness (QED) is 0.688. The molecule has 0 unspecified atom stereocenters. The Morgan fingerprint density at radius 3 is 2.74 bits per heavy atom. The number of esters is 1. The number of nitrogens with two attached hydrogens (primary N) is 1. The minimum absolute atomic E-state index is 0.146. The molecule has 98 valence electrons. The zero-order valence-electron chi connectivity index (χ0n) is 10.5. The maximum atomic E-state index is 11.8. The van der Waals surface area contributed by atoms with Crippen LogP contribution in [0.15, 0.2) is 42.5 Å². The van der Waals surface area contributed by atoms with E-state index in [0.717, 1.165) is 11.1 Å². The van der Waals surface area contributed by atoms with Crippen LogP contribution < -0.4 is 5.73 Å². The second kappa shape index (κ2) is 5.76. The van der Waals surface area contributed by atoms with Gasteiger partial charge in [-0.25, -0.2) is 4.79 Å². The summed E-state index contributed by atoms with van der Waals surface area (Å²) in [5.74, 6) is -0.413. The van der Waals surface area contributed by atoms with Gasteiger partial charge in [0.1, 0.15) is 6.61 Å². The zero-order chi connectivity index (χ0) is 13.8. The summed E-state index contributed by atoms with van der Waals surface area (Å²) >= 11 is 6.07. The van der Waals surface area contributed by atoms with Crippen molar-refractivity contribution in [1.82, 2.24) is 0 Å². The summed E-state index contributed by atoms with van der Waals surface area (Å²) < 4.78 is 5.21. The Hall–Kier alpha value is -2.00. The van der Waals surface area contributed by atoms with Crippen LogP contribution in [0.3, 0.4) is 0 Å². The van der Waals surface area contributed by atoms with Crippen molar-refractivity contribution in [1.29, 1.82) is 0 Å². The molecule has 0 saturated carbocycles. The molecule has 0 bridgehead atoms. The molecule has 0 spiro atoms. The Morgan fingerprint density at radius 2 is 2.05 bits per heavy atom. The maximum Gasteiger partial charge on any atom is 0.338 e. The van der Waals surface area contributed by atoms with Crippen LogP contribution >= 0.6 is 11.6 Å². The molecule has 0 radical (unpaired) electrons. The van der Waals surface area contributed by atoms with Gasteiger partial charge in [-0.2, -0.15) is 0 Å². The van der Waals surface area contributed by atoms with Crippen molar-refractivity contribution in [2.45, 2.75) is 13.5 Å². The number of rotatable bonds is 3. The first-order chi connectivity index (χ1) is 9.06. The van der Waals surface area contributed by atoms with Crippen molar-refractivity contribution in [3.8, 4) is 0 Å². The van der Waals surface area contributed by atoms with Crippen molar-refractivity contribution in [2.75, 3.05) is 5.73 Å². The van der Waals surface area contributed by atoms with Crippen molar-refractivity contribution >= 4 is 23.3 Å². The molecule has 0 heterocycles. The van der Waals surface area contributed by atoms with Crippen LogP contribution in [0.1, 0.15) is 21.5 Å². The molecule has 2 aromatic carbocycles. The van der Waals surface area contributed by atoms with E-state index in [2.05, 4.69) is 0 Å². The van der Waals surface area contributed by atoms with Gasteiger partial charge in [-0.15, -0.1) is 0 Å². The third-order valence-electron chi connectivity index (χ3n) is 2.69. The minimum Gasteiger partial charge on any atom is -0.457 e. The summed E-state index contributed by atoms with van der Waals surface area (Å²) in [4.78, 5) is 11.8. The molecule has 19 heavy (non-hydrogen) atoms. The molecule has 2 N–H and O–H groups in total. The molecule has 0 fully saturated rings. The number of hydrogen-bond acceptors (Lipinski definition) is 3. The number of anilines is 1. The Balaban J connectivity index is 2.04. The maximum absolute atomic E-state index is 11.8. The molecular formula is C15H14ClNO2. The van der Waals surface area contributed by atoms with Crippen molar-refractivity contribution in [3.63, 3.8) is 0 Å². The lowest BCUT2D eigenvalue weighted by molar-refractivity contribution is 0.0473. The van der Waals surface area contributed by atoms with Crippen LogP contribution in [0.5, 0.6) is 0 Å². The standard InChI is InChI=1S/C15H14ClNO2/c1-10-5-6-12(14(16)7-10)9-19-15(18)11-3-2-4-13(17)8-11/h2-8H,9,17H2,1H3. The van der Waals surface area contributed by atoms with Crippen LogP contribution in [0, 0.1) is 6.92 Å². The average molecular weight is 276 g/mol. The van der Waals surface area contributed by atoms with E-state index in [1.54, 1.807) is 24.3 Å². The van der Waals surface area contributed by atoms with Crippen LogP contribution in [0.2, 0.25) is 5.02 Å². The minimum atomic E-state index is -0.413. The molecule has 3 nitrogen and oxygen atoms in total. The normalized spacial score (nSPS) is 10.2. The molecule has 0 aromatic heterocycles. The van der Waals surface area contributed by atoms with Gasteiger partial charge in [0.2, 0.25) is 0 Å². The first kappa shape index (κ1) is 13.4. The van der Waals surface area contributed by atoms with Crippen molar-refractivity contribution in [3.05, 3.63) is 64.2 Å². The second-order valence-corrected chi connectivity index (χ2v) is 4.70. The number of ether oxygens (including phenoxy) is 1. The Bertz CT molecular complexity index is 611. The van der Waals surface area contributed by atoms with E-state index >= 15 is 0 Å². The van der Waals surface area contributed by atoms with Gasteiger partial charge >= 0.3 is 5.97 Å². The predicted molar refractivity (Wildman–Crippen MR) is 76.2 cm³/mol. The number of nitrogen functional groups attached to an aromatic ring is 1. The fourth-order valence-electron chi connectivity index (χ4n) is 1.66. The fraction of sp³-hybridized carbons (Fsp3) is 0.133. The van der Waals surface area contributed by atoms with Crippen LogP contribution in [-0.2, 0) is 11.3 Å². The van der Waals surface area contributed by atoms with Gasteiger partial charge in [0.15, 0.2) is 0 Å². The number of halogens is 1. The summed E-state index contributed by atoms with van der Waals surface area (Å²) in [6, 6.07) is 12.3. The SMILES string of the molecule is Cc1ccc(COC(=O)c2cccc(N)c2)c(Cl)c1. The molecule has 0 atom stereocenters. The monoisotopic (exact) mass is 275 g/mol. The van der Waals surface area contributed by atoms with E-state index in [-0.39, 0.29) is 6.61 Å². The lowest BCUT2D eigenvalue weighted by Crippen LogP contribution is -2.06. The number of benzene rings is 2. The second-order valence-electron chi connectivity index (χ2n) is 4.30. The van der Waals surface area contributed by atoms with Crippen molar-refractivity contribution in [2.24, 2.45) is 0 Å². The van der Waals surface area contributed by atoms with Crippen LogP contribution in [-0.4, -0.2) is 5.97 Å². The summed E-state index contributed by atoms with van der Waals surface area (Å²) in [7, 11) is 0. The Morgan fingerprint density at radius 1 is 1.26 bits per heavy atom. The fourth-order valence-corrected chi connectivity index (χ4v) is 1.95. The van der Waals surface area contributed by atoms with Gasteiger partial charge in [0, 0.05) is 16.3 Å². The number of hydrogen-bond donors (Lipinski definition) is 1. The van der Waals surface area contributed by atoms with Gasteiger partial charge < -0.3 is 10.5 Å². The van der Waals surface area contributed by atoms with Gasteiger partial charge in [0.25, 0.3) is 0 Å². The average Bonchev–Trinajstić information content (AvgIpc) is 2.37. The molecule has 0 amide bonds. The predicted octanol–water partition coefficient (Wildman–Crippen LogP) is 3.59. The largest absolute Gasteiger partial charge is 0.457 e. The lowest BCUT2D eigenvalue weighted by atomic mass is 10.1. The third kappa shape index (κ3) is 3.48. The molecule has 0 saturated heterocycles. The van der Waals surface area contributed by atoms with Crippen molar-refractivity contribution < 1.29 is 9.53 Å². The lowest BCUT2D eigenvalue weighted by Gasteiger charge is -2.07. The van der Waals surface area contributed by atoms with Crippen LogP contribution in [0.25, 0.3) is 0 Å². The molecule has 2 aromatic rings. The van der Waals surface area contributed by atoms with Gasteiger partial charge in [-0.1, -0.05) is 29.8 Å². The molecule has 4 heteroatoms. The van der Waals surface area contributed by atoms with Crippen LogP contribution in [0.4, 0.5) is 5.69 Å². The smallest absolute Gasteiger partial charge is 0.338 e. The number of aryl methyl sites for hydroxylation is 1. The van der Waals surface area contributed by atoms with Gasteiger partial charge in [-0.3, -0.25) is 0 Å². The Kier molecular flexibility index (Phi) is 4.07. The van der Waals surface area contributed by atoms with E-state index in [4.69, 9.17) is 22.1 Å². The third-order valence-corrected chi connectivity index (χ3v) is 3.04. The summed E-state index contributed by atoms with van der Waals surface area (Å²) in [5.41, 5.74) is 8.43. The summed E-state index contributed by atoms with van der Waals surface area (Å²) in [5, 5.41) is 0.598. The Labute approximate surface area is 117 Å². The molecule has 0 aliphatic carbocycles. The topological polar surface area (TPSA) is 52.3 Å². The van der Waals surface area contributed by atoms with E-state index in [1.807, 2.05) is 25.1 Å². The molecule has 2 rings (SSSR count). The number of carbonyl (C=O) groups is 1. The van der Waals surface area contributed by atoms with E-state index < -0.39 is 5.97 Å².